The summed E-state index contributed by atoms with van der Waals surface area (Å²) < 4.78 is 25.9. The Bertz CT molecular complexity index is 1160. The Balaban J connectivity index is 0.000000537. The molecule has 0 radical (unpaired) electrons. The first kappa shape index (κ1) is 23.0. The van der Waals surface area contributed by atoms with Crippen LogP contribution in [-0.2, 0) is 14.9 Å². The van der Waals surface area contributed by atoms with Gasteiger partial charge in [-0.15, -0.1) is 22.2 Å². The van der Waals surface area contributed by atoms with Gasteiger partial charge in [-0.3, -0.25) is 14.3 Å². The van der Waals surface area contributed by atoms with Crippen LogP contribution in [0.25, 0.3) is 10.9 Å². The predicted octanol–water partition coefficient (Wildman–Crippen LogP) is 2.39. The predicted molar refractivity (Wildman–Crippen MR) is 119 cm³/mol. The van der Waals surface area contributed by atoms with Crippen LogP contribution in [0.4, 0.5) is 0 Å². The highest BCUT2D eigenvalue weighted by Crippen LogP contribution is 2.33. The molecule has 1 aliphatic rings. The average molecular weight is 453 g/mol. The third-order valence-electron chi connectivity index (χ3n) is 3.38. The normalized spacial score (nSPS) is 16.5. The Hall–Kier alpha value is -2.26. The van der Waals surface area contributed by atoms with Crippen LogP contribution in [0.5, 0.6) is 0 Å². The summed E-state index contributed by atoms with van der Waals surface area (Å²) in [5.74, 6) is 0.172. The Morgan fingerprint density at radius 3 is 2.59 bits per heavy atom. The van der Waals surface area contributed by atoms with Crippen LogP contribution in [0.15, 0.2) is 34.3 Å². The summed E-state index contributed by atoms with van der Waals surface area (Å²) in [6.07, 6.45) is 2.34. The Kier molecular flexibility index (Phi) is 7.54. The number of aromatic nitrogens is 1. The van der Waals surface area contributed by atoms with Gasteiger partial charge in [-0.2, -0.15) is 18.7 Å². The van der Waals surface area contributed by atoms with Gasteiger partial charge in [0, 0.05) is 21.7 Å². The lowest BCUT2D eigenvalue weighted by molar-refractivity contribution is -0.115. The van der Waals surface area contributed by atoms with E-state index in [0.29, 0.717) is 28.0 Å². The number of pyridine rings is 1. The molecule has 29 heavy (non-hydrogen) atoms. The molecule has 0 saturated heterocycles. The fraction of sp³-hybridized carbons (Fsp3) is 0.278. The lowest BCUT2D eigenvalue weighted by Crippen LogP contribution is -2.06. The van der Waals surface area contributed by atoms with Crippen molar-refractivity contribution < 1.29 is 17.8 Å². The maximum Gasteiger partial charge on any atom is 0.261 e. The van der Waals surface area contributed by atoms with E-state index < -0.39 is 20.6 Å². The van der Waals surface area contributed by atoms with E-state index in [-0.39, 0.29) is 5.91 Å². The Labute approximate surface area is 175 Å². The van der Waals surface area contributed by atoms with Crippen molar-refractivity contribution in [3.63, 3.8) is 0 Å². The molecule has 3 N–H and O–H groups in total. The van der Waals surface area contributed by atoms with E-state index in [9.17, 15) is 18.5 Å². The van der Waals surface area contributed by atoms with Crippen LogP contribution in [0.3, 0.4) is 0 Å². The molecule has 1 amide bonds. The molecule has 8 nitrogen and oxygen atoms in total. The van der Waals surface area contributed by atoms with E-state index in [1.54, 1.807) is 18.0 Å². The van der Waals surface area contributed by atoms with E-state index >= 15 is 0 Å². The molecule has 11 heteroatoms. The number of nitriles is 1. The summed E-state index contributed by atoms with van der Waals surface area (Å²) in [7, 11) is -4.13. The zero-order valence-electron chi connectivity index (χ0n) is 16.0. The number of carbonyl (C=O) groups is 1. The van der Waals surface area contributed by atoms with E-state index in [1.165, 1.54) is 0 Å². The maximum atomic E-state index is 11.4. The van der Waals surface area contributed by atoms with Gasteiger partial charge in [0.25, 0.3) is 16.0 Å². The van der Waals surface area contributed by atoms with Gasteiger partial charge in [0.05, 0.1) is 23.1 Å². The molecule has 1 atom stereocenters. The summed E-state index contributed by atoms with van der Waals surface area (Å²) in [4.78, 5) is 20.5. The average Bonchev–Trinajstić information content (AvgIpc) is 2.90. The highest BCUT2D eigenvalue weighted by molar-refractivity contribution is 8.28. The van der Waals surface area contributed by atoms with Crippen LogP contribution in [0.1, 0.15) is 25.0 Å². The SMILES string of the molecule is CC(C)Sc1c(C#N)cnc2ccc(/C=S3/CC(=O)N=C3N)cc12.CS(=O)(=O)O. The second kappa shape index (κ2) is 9.49. The van der Waals surface area contributed by atoms with E-state index in [2.05, 4.69) is 29.9 Å². The first-order chi connectivity index (χ1) is 13.5. The van der Waals surface area contributed by atoms with Crippen molar-refractivity contribution in [1.82, 2.24) is 4.98 Å². The van der Waals surface area contributed by atoms with Crippen molar-refractivity contribution >= 4 is 59.7 Å². The molecular weight excluding hydrogens is 432 g/mol. The van der Waals surface area contributed by atoms with E-state index in [4.69, 9.17) is 10.3 Å². The standard InChI is InChI=1S/C17H16N4OS2.CH4O3S/c1-10(2)23-16-12(6-18)7-20-14-4-3-11(5-13(14)16)8-24-9-15(22)21-17(24)19;1-5(2,3)4/h3-5,7-8,10H,9H2,1-2H3,(H2,19,21,22);1H3,(H,2,3,4). The van der Waals surface area contributed by atoms with Gasteiger partial charge in [-0.1, -0.05) is 19.9 Å². The number of aliphatic imine (C=N–C) groups is 1. The lowest BCUT2D eigenvalue weighted by Gasteiger charge is -2.11. The number of fused-ring (bicyclic) bond motifs is 1. The number of rotatable bonds is 3. The summed E-state index contributed by atoms with van der Waals surface area (Å²) in [5.41, 5.74) is 8.21. The number of amidine groups is 1. The molecule has 2 heterocycles. The zero-order valence-corrected chi connectivity index (χ0v) is 18.4. The third-order valence-corrected chi connectivity index (χ3v) is 6.27. The lowest BCUT2D eigenvalue weighted by atomic mass is 10.1. The summed E-state index contributed by atoms with van der Waals surface area (Å²) in [6, 6.07) is 8.12. The van der Waals surface area contributed by atoms with Gasteiger partial charge in [0.1, 0.15) is 6.07 Å². The van der Waals surface area contributed by atoms with Crippen molar-refractivity contribution in [3.05, 3.63) is 35.5 Å². The minimum atomic E-state index is -3.67. The van der Waals surface area contributed by atoms with Crippen LogP contribution in [-0.4, -0.2) is 51.7 Å². The quantitative estimate of drug-likeness (QED) is 0.410. The number of amides is 1. The summed E-state index contributed by atoms with van der Waals surface area (Å²) in [5, 5.41) is 13.0. The Morgan fingerprint density at radius 1 is 1.41 bits per heavy atom. The fourth-order valence-corrected chi connectivity index (χ4v) is 4.75. The first-order valence-corrected chi connectivity index (χ1v) is 12.5. The largest absolute Gasteiger partial charge is 0.379 e. The van der Waals surface area contributed by atoms with Crippen LogP contribution in [0.2, 0.25) is 0 Å². The number of hydrogen-bond donors (Lipinski definition) is 2. The number of thioether (sulfide) groups is 1. The zero-order chi connectivity index (χ0) is 21.8. The van der Waals surface area contributed by atoms with Gasteiger partial charge < -0.3 is 5.73 Å². The number of hydrogen-bond acceptors (Lipinski definition) is 7. The van der Waals surface area contributed by atoms with Gasteiger partial charge >= 0.3 is 0 Å². The molecule has 1 aliphatic heterocycles. The molecule has 0 aliphatic carbocycles. The second-order valence-corrected chi connectivity index (χ2v) is 11.2. The molecule has 1 aromatic heterocycles. The van der Waals surface area contributed by atoms with Crippen LogP contribution < -0.4 is 5.73 Å². The smallest absolute Gasteiger partial charge is 0.261 e. The molecule has 0 saturated carbocycles. The van der Waals surface area contributed by atoms with Crippen LogP contribution in [0, 0.1) is 11.3 Å². The van der Waals surface area contributed by atoms with E-state index in [1.807, 2.05) is 23.6 Å². The third kappa shape index (κ3) is 6.93. The summed E-state index contributed by atoms with van der Waals surface area (Å²) >= 11 is 1.65. The first-order valence-electron chi connectivity index (χ1n) is 8.31. The second-order valence-electron chi connectivity index (χ2n) is 6.32. The number of benzene rings is 1. The number of carbonyl (C=O) groups excluding carboxylic acids is 1. The molecular formula is C18H20N4O4S3. The molecule has 2 aromatic rings. The van der Waals surface area contributed by atoms with Crippen molar-refractivity contribution in [3.8, 4) is 6.07 Å². The maximum absolute atomic E-state index is 11.4. The molecule has 0 spiro atoms. The topological polar surface area (TPSA) is 146 Å². The highest BCUT2D eigenvalue weighted by Gasteiger charge is 2.17. The fourth-order valence-electron chi connectivity index (χ4n) is 2.39. The van der Waals surface area contributed by atoms with Gasteiger partial charge in [0.2, 0.25) is 0 Å². The van der Waals surface area contributed by atoms with Gasteiger partial charge in [-0.25, -0.2) is 0 Å². The van der Waals surface area contributed by atoms with Gasteiger partial charge in [0.15, 0.2) is 5.17 Å². The number of nitrogens with two attached hydrogens (primary N) is 1. The molecule has 1 unspecified atom stereocenters. The van der Waals surface area contributed by atoms with Crippen molar-refractivity contribution in [1.29, 1.82) is 5.26 Å². The minimum Gasteiger partial charge on any atom is -0.379 e. The van der Waals surface area contributed by atoms with E-state index in [0.717, 1.165) is 21.4 Å². The monoisotopic (exact) mass is 452 g/mol. The molecule has 0 fully saturated rings. The molecule has 154 valence electrons. The Morgan fingerprint density at radius 2 is 2.07 bits per heavy atom. The van der Waals surface area contributed by atoms with Crippen LogP contribution >= 0.6 is 22.2 Å². The molecule has 3 rings (SSSR count). The molecule has 1 aromatic carbocycles. The summed E-state index contributed by atoms with van der Waals surface area (Å²) in [6.45, 7) is 4.19. The van der Waals surface area contributed by atoms with Crippen molar-refractivity contribution in [2.75, 3.05) is 12.0 Å². The van der Waals surface area contributed by atoms with Crippen molar-refractivity contribution in [2.45, 2.75) is 24.0 Å². The minimum absolute atomic E-state index is 0.169. The number of nitrogens with zero attached hydrogens (tertiary/aromatic N) is 3. The highest BCUT2D eigenvalue weighted by atomic mass is 32.2. The van der Waals surface area contributed by atoms with Crippen molar-refractivity contribution in [2.24, 2.45) is 10.7 Å². The molecule has 0 bridgehead atoms. The van der Waals surface area contributed by atoms with Gasteiger partial charge in [-0.05, 0) is 23.1 Å².